The van der Waals surface area contributed by atoms with Crippen LogP contribution in [0.1, 0.15) is 18.4 Å². The second-order valence-electron chi connectivity index (χ2n) is 4.68. The van der Waals surface area contributed by atoms with Gasteiger partial charge in [-0.15, -0.1) is 0 Å². The van der Waals surface area contributed by atoms with Gasteiger partial charge in [-0.25, -0.2) is 0 Å². The Bertz CT molecular complexity index is 562. The van der Waals surface area contributed by atoms with Crippen LogP contribution in [0.4, 0.5) is 0 Å². The zero-order valence-corrected chi connectivity index (χ0v) is 13.5. The van der Waals surface area contributed by atoms with Crippen molar-refractivity contribution in [2.75, 3.05) is 14.2 Å². The Morgan fingerprint density at radius 2 is 1.95 bits per heavy atom. The zero-order valence-electron chi connectivity index (χ0n) is 11.9. The van der Waals surface area contributed by atoms with Crippen LogP contribution in [0.5, 0.6) is 11.5 Å². The number of methoxy groups -OCH3 is 2. The first-order valence-corrected chi connectivity index (χ1v) is 7.32. The van der Waals surface area contributed by atoms with E-state index in [4.69, 9.17) is 9.47 Å². The van der Waals surface area contributed by atoms with Crippen molar-refractivity contribution in [2.45, 2.75) is 25.4 Å². The van der Waals surface area contributed by atoms with Gasteiger partial charge in [0.1, 0.15) is 0 Å². The number of imide groups is 1. The minimum atomic E-state index is -0.359. The maximum absolute atomic E-state index is 11.7. The highest BCUT2D eigenvalue weighted by Crippen LogP contribution is 2.33. The number of halogens is 1. The zero-order chi connectivity index (χ0) is 15.4. The van der Waals surface area contributed by atoms with Crippen molar-refractivity contribution in [3.63, 3.8) is 0 Å². The molecule has 1 unspecified atom stereocenters. The number of hydrogen-bond acceptors (Lipinski definition) is 5. The van der Waals surface area contributed by atoms with E-state index in [1.54, 1.807) is 14.2 Å². The van der Waals surface area contributed by atoms with Crippen molar-refractivity contribution in [2.24, 2.45) is 0 Å². The summed E-state index contributed by atoms with van der Waals surface area (Å²) in [5.74, 6) is 0.767. The topological polar surface area (TPSA) is 76.7 Å². The summed E-state index contributed by atoms with van der Waals surface area (Å²) in [6, 6.07) is 3.31. The predicted molar refractivity (Wildman–Crippen MR) is 80.3 cm³/mol. The standard InChI is InChI=1S/C14H17BrN2O4/c1-20-11-5-8(9(15)6-12(11)21-2)7-16-10-3-4-13(18)17-14(10)19/h5-6,10,16H,3-4,7H2,1-2H3,(H,17,18,19). The molecule has 1 aliphatic heterocycles. The highest BCUT2D eigenvalue weighted by Gasteiger charge is 2.26. The van der Waals surface area contributed by atoms with E-state index in [0.717, 1.165) is 10.0 Å². The number of ether oxygens (including phenoxy) is 2. The first-order chi connectivity index (χ1) is 10.0. The summed E-state index contributed by atoms with van der Waals surface area (Å²) in [5.41, 5.74) is 0.942. The molecule has 2 rings (SSSR count). The molecule has 0 aliphatic carbocycles. The number of rotatable bonds is 5. The van der Waals surface area contributed by atoms with Crippen LogP contribution in [-0.4, -0.2) is 32.1 Å². The molecule has 1 atom stereocenters. The SMILES string of the molecule is COc1cc(Br)c(CNC2CCC(=O)NC2=O)cc1OC. The van der Waals surface area contributed by atoms with Gasteiger partial charge in [-0.1, -0.05) is 15.9 Å². The van der Waals surface area contributed by atoms with E-state index in [-0.39, 0.29) is 17.9 Å². The molecule has 114 valence electrons. The average Bonchev–Trinajstić information content (AvgIpc) is 2.47. The van der Waals surface area contributed by atoms with E-state index in [0.29, 0.717) is 30.9 Å². The van der Waals surface area contributed by atoms with Gasteiger partial charge in [0.05, 0.1) is 20.3 Å². The summed E-state index contributed by atoms with van der Waals surface area (Å²) in [7, 11) is 3.15. The van der Waals surface area contributed by atoms with E-state index in [1.165, 1.54) is 0 Å². The fourth-order valence-corrected chi connectivity index (χ4v) is 2.62. The molecule has 0 spiro atoms. The Morgan fingerprint density at radius 3 is 2.57 bits per heavy atom. The fourth-order valence-electron chi connectivity index (χ4n) is 2.15. The quantitative estimate of drug-likeness (QED) is 0.779. The Labute approximate surface area is 131 Å². The van der Waals surface area contributed by atoms with Crippen LogP contribution in [0.2, 0.25) is 0 Å². The molecule has 2 N–H and O–H groups in total. The van der Waals surface area contributed by atoms with Crippen molar-refractivity contribution < 1.29 is 19.1 Å². The lowest BCUT2D eigenvalue weighted by atomic mass is 10.1. The summed E-state index contributed by atoms with van der Waals surface area (Å²) >= 11 is 3.47. The number of benzene rings is 1. The molecule has 1 aromatic carbocycles. The molecule has 0 aromatic heterocycles. The lowest BCUT2D eigenvalue weighted by Crippen LogP contribution is -2.50. The summed E-state index contributed by atoms with van der Waals surface area (Å²) in [4.78, 5) is 22.8. The normalized spacial score (nSPS) is 18.3. The molecular weight excluding hydrogens is 340 g/mol. The molecule has 1 aromatic rings. The molecule has 1 heterocycles. The highest BCUT2D eigenvalue weighted by molar-refractivity contribution is 9.10. The smallest absolute Gasteiger partial charge is 0.243 e. The van der Waals surface area contributed by atoms with E-state index < -0.39 is 0 Å². The lowest BCUT2D eigenvalue weighted by Gasteiger charge is -2.22. The summed E-state index contributed by atoms with van der Waals surface area (Å²) in [6.07, 6.45) is 0.867. The van der Waals surface area contributed by atoms with E-state index in [2.05, 4.69) is 26.6 Å². The van der Waals surface area contributed by atoms with Crippen molar-refractivity contribution in [3.8, 4) is 11.5 Å². The second-order valence-corrected chi connectivity index (χ2v) is 5.54. The van der Waals surface area contributed by atoms with Crippen LogP contribution in [0.25, 0.3) is 0 Å². The lowest BCUT2D eigenvalue weighted by molar-refractivity contribution is -0.134. The number of carbonyl (C=O) groups is 2. The number of nitrogens with one attached hydrogen (secondary N) is 2. The Kier molecular flexibility index (Phi) is 5.19. The number of amides is 2. The number of carbonyl (C=O) groups excluding carboxylic acids is 2. The van der Waals surface area contributed by atoms with Gasteiger partial charge in [0.2, 0.25) is 11.8 Å². The van der Waals surface area contributed by atoms with Gasteiger partial charge in [0.15, 0.2) is 11.5 Å². The number of hydrogen-bond donors (Lipinski definition) is 2. The molecule has 0 bridgehead atoms. The Balaban J connectivity index is 2.06. The van der Waals surface area contributed by atoms with E-state index in [1.807, 2.05) is 12.1 Å². The molecule has 21 heavy (non-hydrogen) atoms. The third kappa shape index (κ3) is 3.74. The van der Waals surface area contributed by atoms with Crippen LogP contribution < -0.4 is 20.1 Å². The molecule has 0 radical (unpaired) electrons. The van der Waals surface area contributed by atoms with Crippen molar-refractivity contribution >= 4 is 27.7 Å². The first-order valence-electron chi connectivity index (χ1n) is 6.52. The Hall–Kier alpha value is -1.60. The minimum absolute atomic E-state index is 0.217. The highest BCUT2D eigenvalue weighted by atomic mass is 79.9. The van der Waals surface area contributed by atoms with Gasteiger partial charge in [0.25, 0.3) is 0 Å². The summed E-state index contributed by atoms with van der Waals surface area (Å²) in [5, 5.41) is 5.47. The van der Waals surface area contributed by atoms with Gasteiger partial charge in [-0.2, -0.15) is 0 Å². The van der Waals surface area contributed by atoms with Crippen LogP contribution in [0.15, 0.2) is 16.6 Å². The van der Waals surface area contributed by atoms with Crippen LogP contribution >= 0.6 is 15.9 Å². The van der Waals surface area contributed by atoms with Crippen LogP contribution in [0.3, 0.4) is 0 Å². The van der Waals surface area contributed by atoms with Crippen molar-refractivity contribution in [3.05, 3.63) is 22.2 Å². The predicted octanol–water partition coefficient (Wildman–Crippen LogP) is 1.36. The second kappa shape index (κ2) is 6.91. The molecule has 6 nitrogen and oxygen atoms in total. The maximum atomic E-state index is 11.7. The summed E-state index contributed by atoms with van der Waals surface area (Å²) in [6.45, 7) is 0.479. The fraction of sp³-hybridized carbons (Fsp3) is 0.429. The van der Waals surface area contributed by atoms with Gasteiger partial charge in [-0.3, -0.25) is 14.9 Å². The van der Waals surface area contributed by atoms with Crippen molar-refractivity contribution in [1.29, 1.82) is 0 Å². The van der Waals surface area contributed by atoms with Gasteiger partial charge >= 0.3 is 0 Å². The minimum Gasteiger partial charge on any atom is -0.493 e. The van der Waals surface area contributed by atoms with E-state index >= 15 is 0 Å². The number of piperidine rings is 1. The molecule has 2 amide bonds. The van der Waals surface area contributed by atoms with Crippen molar-refractivity contribution in [1.82, 2.24) is 10.6 Å². The monoisotopic (exact) mass is 356 g/mol. The molecule has 1 saturated heterocycles. The molecule has 1 aliphatic rings. The van der Waals surface area contributed by atoms with Gasteiger partial charge in [-0.05, 0) is 24.1 Å². The third-order valence-corrected chi connectivity index (χ3v) is 4.07. The van der Waals surface area contributed by atoms with Crippen LogP contribution in [0, 0.1) is 0 Å². The first kappa shape index (κ1) is 15.8. The molecule has 1 fully saturated rings. The largest absolute Gasteiger partial charge is 0.493 e. The maximum Gasteiger partial charge on any atom is 0.243 e. The van der Waals surface area contributed by atoms with Gasteiger partial charge in [0, 0.05) is 17.4 Å². The van der Waals surface area contributed by atoms with E-state index in [9.17, 15) is 9.59 Å². The molecule has 7 heteroatoms. The molecular formula is C14H17BrN2O4. The van der Waals surface area contributed by atoms with Gasteiger partial charge < -0.3 is 14.8 Å². The Morgan fingerprint density at radius 1 is 1.29 bits per heavy atom. The molecule has 0 saturated carbocycles. The van der Waals surface area contributed by atoms with Crippen LogP contribution in [-0.2, 0) is 16.1 Å². The average molecular weight is 357 g/mol. The third-order valence-electron chi connectivity index (χ3n) is 3.33. The summed E-state index contributed by atoms with van der Waals surface area (Å²) < 4.78 is 11.3.